The third-order valence-corrected chi connectivity index (χ3v) is 3.74. The molecule has 0 spiro atoms. The maximum absolute atomic E-state index is 13.3. The lowest BCUT2D eigenvalue weighted by Gasteiger charge is -2.20. The van der Waals surface area contributed by atoms with E-state index in [-0.39, 0.29) is 24.6 Å². The molecule has 1 heterocycles. The van der Waals surface area contributed by atoms with Crippen LogP contribution in [-0.4, -0.2) is 34.8 Å². The molecule has 1 N–H and O–H groups in total. The van der Waals surface area contributed by atoms with Gasteiger partial charge in [0.25, 0.3) is 5.91 Å². The van der Waals surface area contributed by atoms with Gasteiger partial charge in [-0.25, -0.2) is 9.37 Å². The van der Waals surface area contributed by atoms with Crippen molar-refractivity contribution < 1.29 is 14.0 Å². The molecule has 0 bridgehead atoms. The zero-order valence-corrected chi connectivity index (χ0v) is 13.4. The van der Waals surface area contributed by atoms with Gasteiger partial charge in [0.05, 0.1) is 0 Å². The molecule has 0 fully saturated rings. The van der Waals surface area contributed by atoms with E-state index >= 15 is 0 Å². The Labute approximate surface area is 137 Å². The summed E-state index contributed by atoms with van der Waals surface area (Å²) in [5.41, 5.74) is 0.185. The molecule has 120 valence electrons. The average molecular weight is 333 g/mol. The Morgan fingerprint density at radius 3 is 2.87 bits per heavy atom. The van der Waals surface area contributed by atoms with Crippen molar-refractivity contribution in [2.45, 2.75) is 6.92 Å². The molecule has 2 rings (SSSR count). The first-order valence-corrected chi connectivity index (χ1v) is 7.69. The zero-order chi connectivity index (χ0) is 16.8. The molecular weight excluding hydrogens is 317 g/mol. The predicted molar refractivity (Wildman–Crippen MR) is 88.0 cm³/mol. The van der Waals surface area contributed by atoms with Crippen molar-refractivity contribution in [2.24, 2.45) is 0 Å². The highest BCUT2D eigenvalue weighted by Crippen LogP contribution is 2.16. The predicted octanol–water partition coefficient (Wildman–Crippen LogP) is 2.86. The molecule has 7 heteroatoms. The topological polar surface area (TPSA) is 62.3 Å². The molecule has 0 saturated heterocycles. The molecule has 0 radical (unpaired) electrons. The van der Waals surface area contributed by atoms with Gasteiger partial charge < -0.3 is 10.2 Å². The van der Waals surface area contributed by atoms with Crippen molar-refractivity contribution in [3.05, 3.63) is 59.4 Å². The molecule has 23 heavy (non-hydrogen) atoms. The Morgan fingerprint density at radius 1 is 1.48 bits per heavy atom. The Bertz CT molecular complexity index is 730. The van der Waals surface area contributed by atoms with E-state index in [9.17, 15) is 14.0 Å². The molecule has 0 aliphatic heterocycles. The van der Waals surface area contributed by atoms with Gasteiger partial charge >= 0.3 is 0 Å². The lowest BCUT2D eigenvalue weighted by molar-refractivity contribution is -0.116. The lowest BCUT2D eigenvalue weighted by atomic mass is 10.2. The van der Waals surface area contributed by atoms with E-state index in [1.165, 1.54) is 40.5 Å². The third-order valence-electron chi connectivity index (χ3n) is 2.91. The van der Waals surface area contributed by atoms with Crippen LogP contribution in [0.4, 0.5) is 9.52 Å². The normalized spacial score (nSPS) is 10.2. The van der Waals surface area contributed by atoms with E-state index < -0.39 is 11.7 Å². The standard InChI is InChI=1S/C16H16FN3O2S/c1-3-7-20(15(22)12-5-4-6-13(17)8-12)10-14(21)19-16-18-9-11(2)23-16/h3-6,8-9H,1,7,10H2,2H3,(H,18,19,21). The van der Waals surface area contributed by atoms with Gasteiger partial charge in [0, 0.05) is 23.2 Å². The first kappa shape index (κ1) is 16.8. The van der Waals surface area contributed by atoms with Crippen molar-refractivity contribution in [1.82, 2.24) is 9.88 Å². The van der Waals surface area contributed by atoms with Crippen molar-refractivity contribution in [3.63, 3.8) is 0 Å². The number of carbonyl (C=O) groups is 2. The second-order valence-corrected chi connectivity index (χ2v) is 6.04. The number of benzene rings is 1. The summed E-state index contributed by atoms with van der Waals surface area (Å²) in [5.74, 6) is -1.31. The van der Waals surface area contributed by atoms with Crippen LogP contribution in [0.2, 0.25) is 0 Å². The fourth-order valence-corrected chi connectivity index (χ4v) is 2.60. The number of amides is 2. The third kappa shape index (κ3) is 4.72. The fraction of sp³-hybridized carbons (Fsp3) is 0.188. The summed E-state index contributed by atoms with van der Waals surface area (Å²) in [6.07, 6.45) is 3.16. The van der Waals surface area contributed by atoms with E-state index in [0.29, 0.717) is 5.13 Å². The molecule has 0 aliphatic carbocycles. The summed E-state index contributed by atoms with van der Waals surface area (Å²) in [6, 6.07) is 5.35. The number of nitrogens with zero attached hydrogens (tertiary/aromatic N) is 2. The molecule has 2 amide bonds. The summed E-state index contributed by atoms with van der Waals surface area (Å²) in [4.78, 5) is 30.8. The van der Waals surface area contributed by atoms with Gasteiger partial charge in [0.2, 0.25) is 5.91 Å². The summed E-state index contributed by atoms with van der Waals surface area (Å²) < 4.78 is 13.3. The van der Waals surface area contributed by atoms with E-state index in [0.717, 1.165) is 10.9 Å². The number of aromatic nitrogens is 1. The van der Waals surface area contributed by atoms with Crippen LogP contribution in [0, 0.1) is 12.7 Å². The van der Waals surface area contributed by atoms with Gasteiger partial charge in [0.15, 0.2) is 5.13 Å². The highest BCUT2D eigenvalue weighted by Gasteiger charge is 2.18. The minimum absolute atomic E-state index is 0.167. The van der Waals surface area contributed by atoms with E-state index in [4.69, 9.17) is 0 Å². The van der Waals surface area contributed by atoms with Crippen LogP contribution in [0.3, 0.4) is 0 Å². The zero-order valence-electron chi connectivity index (χ0n) is 12.6. The molecule has 0 unspecified atom stereocenters. The first-order valence-electron chi connectivity index (χ1n) is 6.87. The van der Waals surface area contributed by atoms with Crippen LogP contribution in [-0.2, 0) is 4.79 Å². The van der Waals surface area contributed by atoms with E-state index in [2.05, 4.69) is 16.9 Å². The smallest absolute Gasteiger partial charge is 0.254 e. The Balaban J connectivity index is 2.07. The summed E-state index contributed by atoms with van der Waals surface area (Å²) in [7, 11) is 0. The van der Waals surface area contributed by atoms with Gasteiger partial charge in [-0.2, -0.15) is 0 Å². The SMILES string of the molecule is C=CCN(CC(=O)Nc1ncc(C)s1)C(=O)c1cccc(F)c1. The largest absolute Gasteiger partial charge is 0.326 e. The molecule has 1 aromatic carbocycles. The van der Waals surface area contributed by atoms with Gasteiger partial charge in [-0.05, 0) is 25.1 Å². The molecule has 1 aromatic heterocycles. The van der Waals surface area contributed by atoms with Gasteiger partial charge in [0.1, 0.15) is 12.4 Å². The first-order chi connectivity index (χ1) is 11.0. The highest BCUT2D eigenvalue weighted by molar-refractivity contribution is 7.15. The van der Waals surface area contributed by atoms with Crippen LogP contribution < -0.4 is 5.32 Å². The molecule has 0 atom stereocenters. The van der Waals surface area contributed by atoms with Crippen molar-refractivity contribution in [2.75, 3.05) is 18.4 Å². The second kappa shape index (κ2) is 7.64. The number of hydrogen-bond acceptors (Lipinski definition) is 4. The second-order valence-electron chi connectivity index (χ2n) is 4.81. The van der Waals surface area contributed by atoms with Crippen LogP contribution >= 0.6 is 11.3 Å². The average Bonchev–Trinajstić information content (AvgIpc) is 2.91. The van der Waals surface area contributed by atoms with Crippen molar-refractivity contribution >= 4 is 28.3 Å². The number of rotatable bonds is 6. The van der Waals surface area contributed by atoms with Gasteiger partial charge in [-0.15, -0.1) is 17.9 Å². The van der Waals surface area contributed by atoms with Crippen LogP contribution in [0.15, 0.2) is 43.1 Å². The highest BCUT2D eigenvalue weighted by atomic mass is 32.1. The Hall–Kier alpha value is -2.54. The Kier molecular flexibility index (Phi) is 5.59. The monoisotopic (exact) mass is 333 g/mol. The molecule has 0 saturated carbocycles. The number of hydrogen-bond donors (Lipinski definition) is 1. The number of halogens is 1. The number of anilines is 1. The van der Waals surface area contributed by atoms with Crippen LogP contribution in [0.5, 0.6) is 0 Å². The minimum Gasteiger partial charge on any atom is -0.326 e. The molecule has 0 aliphatic rings. The maximum Gasteiger partial charge on any atom is 0.254 e. The number of thiazole rings is 1. The van der Waals surface area contributed by atoms with Crippen molar-refractivity contribution in [3.8, 4) is 0 Å². The number of nitrogens with one attached hydrogen (secondary N) is 1. The minimum atomic E-state index is -0.503. The summed E-state index contributed by atoms with van der Waals surface area (Å²) in [6.45, 7) is 5.47. The molecule has 5 nitrogen and oxygen atoms in total. The van der Waals surface area contributed by atoms with Crippen LogP contribution in [0.25, 0.3) is 0 Å². The molecular formula is C16H16FN3O2S. The van der Waals surface area contributed by atoms with E-state index in [1.807, 2.05) is 6.92 Å². The maximum atomic E-state index is 13.3. The summed E-state index contributed by atoms with van der Waals surface area (Å²) >= 11 is 1.35. The van der Waals surface area contributed by atoms with Gasteiger partial charge in [-0.3, -0.25) is 9.59 Å². The summed E-state index contributed by atoms with van der Waals surface area (Å²) in [5, 5.41) is 3.11. The van der Waals surface area contributed by atoms with Crippen LogP contribution in [0.1, 0.15) is 15.2 Å². The van der Waals surface area contributed by atoms with E-state index in [1.54, 1.807) is 6.20 Å². The van der Waals surface area contributed by atoms with Crippen molar-refractivity contribution in [1.29, 1.82) is 0 Å². The number of carbonyl (C=O) groups excluding carboxylic acids is 2. The lowest BCUT2D eigenvalue weighted by Crippen LogP contribution is -2.38. The fourth-order valence-electron chi connectivity index (χ4n) is 1.92. The molecule has 2 aromatic rings. The Morgan fingerprint density at radius 2 is 2.26 bits per heavy atom. The number of aryl methyl sites for hydroxylation is 1. The van der Waals surface area contributed by atoms with Gasteiger partial charge in [-0.1, -0.05) is 12.1 Å². The quantitative estimate of drug-likeness (QED) is 0.827.